The number of primary sulfonamides is 1. The number of hydrogen-bond donors (Lipinski definition) is 3. The minimum absolute atomic E-state index is 0.0427. The molecule has 6 nitrogen and oxygen atoms in total. The lowest BCUT2D eigenvalue weighted by molar-refractivity contribution is -0.121. The van der Waals surface area contributed by atoms with Gasteiger partial charge in [-0.1, -0.05) is 12.1 Å². The maximum Gasteiger partial charge on any atom is 0.238 e. The molecule has 0 aliphatic carbocycles. The lowest BCUT2D eigenvalue weighted by atomic mass is 10.1. The Bertz CT molecular complexity index is 596. The lowest BCUT2D eigenvalue weighted by Crippen LogP contribution is -2.41. The summed E-state index contributed by atoms with van der Waals surface area (Å²) in [5, 5.41) is 11.3. The summed E-state index contributed by atoms with van der Waals surface area (Å²) < 4.78 is 22.3. The molecular weight excluding hydrogens is 322 g/mol. The van der Waals surface area contributed by atoms with Crippen LogP contribution in [-0.2, 0) is 21.2 Å². The third kappa shape index (κ3) is 5.60. The summed E-state index contributed by atoms with van der Waals surface area (Å²) in [6.07, 6.45) is 1.15. The molecule has 0 bridgehead atoms. The summed E-state index contributed by atoms with van der Waals surface area (Å²) in [7, 11) is -3.65. The third-order valence-electron chi connectivity index (χ3n) is 3.42. The fourth-order valence-corrected chi connectivity index (χ4v) is 3.70. The summed E-state index contributed by atoms with van der Waals surface area (Å²) in [5.41, 5.74) is 0.957. The fraction of sp³-hybridized carbons (Fsp3) is 0.500. The van der Waals surface area contributed by atoms with E-state index in [2.05, 4.69) is 10.6 Å². The van der Waals surface area contributed by atoms with E-state index in [9.17, 15) is 13.2 Å². The summed E-state index contributed by atoms with van der Waals surface area (Å²) >= 11 is 1.87. The van der Waals surface area contributed by atoms with Gasteiger partial charge in [0.2, 0.25) is 15.9 Å². The third-order valence-corrected chi connectivity index (χ3v) is 5.48. The summed E-state index contributed by atoms with van der Waals surface area (Å²) in [4.78, 5) is 11.9. The van der Waals surface area contributed by atoms with E-state index in [4.69, 9.17) is 5.14 Å². The van der Waals surface area contributed by atoms with Crippen LogP contribution in [0.5, 0.6) is 0 Å². The Morgan fingerprint density at radius 1 is 1.36 bits per heavy atom. The van der Waals surface area contributed by atoms with Crippen LogP contribution in [0, 0.1) is 0 Å². The molecule has 0 aromatic heterocycles. The van der Waals surface area contributed by atoms with Gasteiger partial charge < -0.3 is 10.6 Å². The topological polar surface area (TPSA) is 101 Å². The Morgan fingerprint density at radius 2 is 2.09 bits per heavy atom. The van der Waals surface area contributed by atoms with Gasteiger partial charge in [0, 0.05) is 37.1 Å². The van der Waals surface area contributed by atoms with Crippen molar-refractivity contribution in [2.45, 2.75) is 23.8 Å². The molecule has 1 aliphatic rings. The van der Waals surface area contributed by atoms with Crippen molar-refractivity contribution >= 4 is 27.7 Å². The zero-order valence-corrected chi connectivity index (χ0v) is 13.9. The van der Waals surface area contributed by atoms with Gasteiger partial charge in [-0.15, -0.1) is 0 Å². The van der Waals surface area contributed by atoms with Gasteiger partial charge in [-0.2, -0.15) is 11.8 Å². The molecule has 1 atom stereocenters. The number of carbonyl (C=O) groups is 1. The smallest absolute Gasteiger partial charge is 0.238 e. The minimum atomic E-state index is -3.65. The average molecular weight is 343 g/mol. The van der Waals surface area contributed by atoms with Crippen molar-refractivity contribution in [2.75, 3.05) is 24.6 Å². The van der Waals surface area contributed by atoms with Gasteiger partial charge in [-0.3, -0.25) is 4.79 Å². The Kier molecular flexibility index (Phi) is 6.25. The molecule has 0 radical (unpaired) electrons. The van der Waals surface area contributed by atoms with Crippen LogP contribution in [0.15, 0.2) is 29.2 Å². The molecule has 4 N–H and O–H groups in total. The second kappa shape index (κ2) is 7.96. The zero-order chi connectivity index (χ0) is 16.0. The highest BCUT2D eigenvalue weighted by Crippen LogP contribution is 2.10. The zero-order valence-electron chi connectivity index (χ0n) is 12.2. The van der Waals surface area contributed by atoms with E-state index in [1.165, 1.54) is 12.1 Å². The van der Waals surface area contributed by atoms with Crippen molar-refractivity contribution in [3.8, 4) is 0 Å². The first-order chi connectivity index (χ1) is 10.4. The van der Waals surface area contributed by atoms with Crippen LogP contribution in [0.1, 0.15) is 12.0 Å². The molecule has 8 heteroatoms. The van der Waals surface area contributed by atoms with Gasteiger partial charge in [-0.25, -0.2) is 13.6 Å². The number of thioether (sulfide) groups is 1. The fourth-order valence-electron chi connectivity index (χ4n) is 2.24. The van der Waals surface area contributed by atoms with Gasteiger partial charge in [-0.05, 0) is 24.1 Å². The molecule has 0 spiro atoms. The van der Waals surface area contributed by atoms with E-state index in [0.29, 0.717) is 19.4 Å². The van der Waals surface area contributed by atoms with E-state index in [1.54, 1.807) is 12.1 Å². The summed E-state index contributed by atoms with van der Waals surface area (Å²) in [6.45, 7) is 1.49. The van der Waals surface area contributed by atoms with Crippen molar-refractivity contribution in [2.24, 2.45) is 5.14 Å². The van der Waals surface area contributed by atoms with Crippen LogP contribution in [0.4, 0.5) is 0 Å². The number of carbonyl (C=O) groups excluding carboxylic acids is 1. The van der Waals surface area contributed by atoms with Crippen molar-refractivity contribution < 1.29 is 13.2 Å². The van der Waals surface area contributed by atoms with Crippen LogP contribution in [0.2, 0.25) is 0 Å². The number of benzene rings is 1. The second-order valence-electron chi connectivity index (χ2n) is 5.22. The Hall–Kier alpha value is -1.09. The molecule has 1 fully saturated rings. The first-order valence-electron chi connectivity index (χ1n) is 7.15. The monoisotopic (exact) mass is 343 g/mol. The highest BCUT2D eigenvalue weighted by atomic mass is 32.2. The first kappa shape index (κ1) is 17.3. The van der Waals surface area contributed by atoms with E-state index in [1.807, 2.05) is 11.8 Å². The Labute approximate surface area is 135 Å². The molecule has 1 amide bonds. The quantitative estimate of drug-likeness (QED) is 0.679. The number of sulfonamides is 1. The highest BCUT2D eigenvalue weighted by molar-refractivity contribution is 7.99. The molecule has 1 unspecified atom stereocenters. The van der Waals surface area contributed by atoms with Crippen molar-refractivity contribution in [1.29, 1.82) is 0 Å². The molecular formula is C14H21N3O3S2. The van der Waals surface area contributed by atoms with Crippen molar-refractivity contribution in [3.05, 3.63) is 29.8 Å². The highest BCUT2D eigenvalue weighted by Gasteiger charge is 2.16. The molecule has 0 saturated carbocycles. The summed E-state index contributed by atoms with van der Waals surface area (Å²) in [6, 6.07) is 6.65. The average Bonchev–Trinajstić information content (AvgIpc) is 2.48. The number of rotatable bonds is 6. The number of nitrogens with one attached hydrogen (secondary N) is 2. The second-order valence-corrected chi connectivity index (χ2v) is 7.93. The first-order valence-corrected chi connectivity index (χ1v) is 9.85. The standard InChI is InChI=1S/C14H21N3O3S2/c15-22(19,20)13-3-1-11(2-4-13)5-6-17-14(18)9-12-10-21-8-7-16-12/h1-4,12,16H,5-10H2,(H,17,18)(H2,15,19,20). The molecule has 1 aliphatic heterocycles. The molecule has 1 aromatic carbocycles. The predicted molar refractivity (Wildman–Crippen MR) is 88.3 cm³/mol. The SMILES string of the molecule is NS(=O)(=O)c1ccc(CCNC(=O)CC2CSCCN2)cc1. The Balaban J connectivity index is 1.72. The lowest BCUT2D eigenvalue weighted by Gasteiger charge is -2.22. The number of hydrogen-bond acceptors (Lipinski definition) is 5. The van der Waals surface area contributed by atoms with E-state index in [-0.39, 0.29) is 16.8 Å². The number of nitrogens with two attached hydrogens (primary N) is 1. The molecule has 1 heterocycles. The van der Waals surface area contributed by atoms with Gasteiger partial charge >= 0.3 is 0 Å². The molecule has 122 valence electrons. The van der Waals surface area contributed by atoms with E-state index in [0.717, 1.165) is 23.6 Å². The Morgan fingerprint density at radius 3 is 2.68 bits per heavy atom. The largest absolute Gasteiger partial charge is 0.356 e. The minimum Gasteiger partial charge on any atom is -0.356 e. The molecule has 2 rings (SSSR count). The molecule has 22 heavy (non-hydrogen) atoms. The molecule has 1 aromatic rings. The van der Waals surface area contributed by atoms with E-state index < -0.39 is 10.0 Å². The van der Waals surface area contributed by atoms with Gasteiger partial charge in [0.05, 0.1) is 4.90 Å². The van der Waals surface area contributed by atoms with Gasteiger partial charge in [0.1, 0.15) is 0 Å². The van der Waals surface area contributed by atoms with Crippen molar-refractivity contribution in [1.82, 2.24) is 10.6 Å². The number of amides is 1. The summed E-state index contributed by atoms with van der Waals surface area (Å²) in [5.74, 6) is 2.12. The maximum absolute atomic E-state index is 11.8. The van der Waals surface area contributed by atoms with Crippen LogP contribution in [0.25, 0.3) is 0 Å². The normalized spacial score (nSPS) is 18.9. The maximum atomic E-state index is 11.8. The van der Waals surface area contributed by atoms with Crippen LogP contribution < -0.4 is 15.8 Å². The van der Waals surface area contributed by atoms with Crippen LogP contribution in [0.3, 0.4) is 0 Å². The molecule has 1 saturated heterocycles. The van der Waals surface area contributed by atoms with Gasteiger partial charge in [0.15, 0.2) is 0 Å². The van der Waals surface area contributed by atoms with Crippen LogP contribution in [-0.4, -0.2) is 45.0 Å². The van der Waals surface area contributed by atoms with E-state index >= 15 is 0 Å². The predicted octanol–water partition coefficient (Wildman–Crippen LogP) is 0.0878. The van der Waals surface area contributed by atoms with Crippen molar-refractivity contribution in [3.63, 3.8) is 0 Å². The van der Waals surface area contributed by atoms with Gasteiger partial charge in [0.25, 0.3) is 0 Å². The van der Waals surface area contributed by atoms with Crippen LogP contribution >= 0.6 is 11.8 Å².